The highest BCUT2D eigenvalue weighted by Crippen LogP contribution is 2.18. The first-order valence-corrected chi connectivity index (χ1v) is 6.31. The van der Waals surface area contributed by atoms with E-state index in [0.29, 0.717) is 24.7 Å². The average Bonchev–Trinajstić information content (AvgIpc) is 2.52. The highest BCUT2D eigenvalue weighted by Gasteiger charge is 2.03. The first-order chi connectivity index (χ1) is 10.2. The van der Waals surface area contributed by atoms with Gasteiger partial charge in [-0.3, -0.25) is 9.78 Å². The minimum absolute atomic E-state index is 0.119. The van der Waals surface area contributed by atoms with Gasteiger partial charge in [-0.2, -0.15) is 0 Å². The van der Waals surface area contributed by atoms with Gasteiger partial charge in [0.15, 0.2) is 0 Å². The molecule has 0 bridgehead atoms. The molecule has 0 aliphatic carbocycles. The van der Waals surface area contributed by atoms with E-state index in [4.69, 9.17) is 15.2 Å². The Morgan fingerprint density at radius 3 is 2.90 bits per heavy atom. The van der Waals surface area contributed by atoms with Crippen molar-refractivity contribution in [1.82, 2.24) is 9.97 Å². The first-order valence-electron chi connectivity index (χ1n) is 6.31. The number of hydrogen-bond acceptors (Lipinski definition) is 6. The van der Waals surface area contributed by atoms with E-state index in [-0.39, 0.29) is 5.69 Å². The molecule has 1 aromatic carbocycles. The molecule has 0 aliphatic rings. The molecule has 0 saturated heterocycles. The van der Waals surface area contributed by atoms with Crippen LogP contribution in [0.1, 0.15) is 10.5 Å². The molecule has 7 nitrogen and oxygen atoms in total. The van der Waals surface area contributed by atoms with E-state index in [0.717, 1.165) is 5.75 Å². The standard InChI is InChI=1S/C14H16N4O3/c1-20-10-3-2-4-11(7-10)21-6-5-17-13-9-16-8-12(18-13)14(15)19/h2-4,7-9H,5-6H2,1H3,(H2,15,19)(H,17,18). The van der Waals surface area contributed by atoms with Crippen LogP contribution < -0.4 is 20.5 Å². The number of anilines is 1. The number of carbonyl (C=O) groups excluding carboxylic acids is 1. The van der Waals surface area contributed by atoms with Crippen molar-refractivity contribution in [3.05, 3.63) is 42.4 Å². The van der Waals surface area contributed by atoms with Gasteiger partial charge < -0.3 is 20.5 Å². The Hall–Kier alpha value is -2.83. The summed E-state index contributed by atoms with van der Waals surface area (Å²) in [4.78, 5) is 18.9. The summed E-state index contributed by atoms with van der Waals surface area (Å²) >= 11 is 0. The van der Waals surface area contributed by atoms with Crippen molar-refractivity contribution in [3.63, 3.8) is 0 Å². The SMILES string of the molecule is COc1cccc(OCCNc2cncc(C(N)=O)n2)c1. The number of primary amides is 1. The topological polar surface area (TPSA) is 99.4 Å². The van der Waals surface area contributed by atoms with E-state index in [1.165, 1.54) is 12.4 Å². The molecule has 2 aromatic rings. The Balaban J connectivity index is 1.81. The number of amides is 1. The van der Waals surface area contributed by atoms with Crippen molar-refractivity contribution in [1.29, 1.82) is 0 Å². The number of hydrogen-bond donors (Lipinski definition) is 2. The van der Waals surface area contributed by atoms with Gasteiger partial charge >= 0.3 is 0 Å². The predicted octanol–water partition coefficient (Wildman–Crippen LogP) is 1.07. The number of benzene rings is 1. The molecule has 1 amide bonds. The minimum atomic E-state index is -0.612. The smallest absolute Gasteiger partial charge is 0.268 e. The van der Waals surface area contributed by atoms with Crippen LogP contribution >= 0.6 is 0 Å². The number of nitrogens with zero attached hydrogens (tertiary/aromatic N) is 2. The molecule has 0 unspecified atom stereocenters. The molecular weight excluding hydrogens is 272 g/mol. The van der Waals surface area contributed by atoms with E-state index in [1.807, 2.05) is 18.2 Å². The third kappa shape index (κ3) is 4.34. The minimum Gasteiger partial charge on any atom is -0.497 e. The molecule has 0 fully saturated rings. The second-order valence-corrected chi connectivity index (χ2v) is 4.11. The Labute approximate surface area is 122 Å². The van der Waals surface area contributed by atoms with Gasteiger partial charge in [-0.25, -0.2) is 4.98 Å². The molecule has 110 valence electrons. The monoisotopic (exact) mass is 288 g/mol. The summed E-state index contributed by atoms with van der Waals surface area (Å²) in [6.45, 7) is 0.934. The van der Waals surface area contributed by atoms with E-state index in [9.17, 15) is 4.79 Å². The quantitative estimate of drug-likeness (QED) is 0.739. The zero-order valence-electron chi connectivity index (χ0n) is 11.6. The number of aromatic nitrogens is 2. The number of nitrogens with one attached hydrogen (secondary N) is 1. The molecule has 0 radical (unpaired) electrons. The fourth-order valence-corrected chi connectivity index (χ4v) is 1.61. The van der Waals surface area contributed by atoms with Gasteiger partial charge in [-0.1, -0.05) is 6.07 Å². The van der Waals surface area contributed by atoms with Gasteiger partial charge in [0.1, 0.15) is 29.6 Å². The first kappa shape index (κ1) is 14.6. The van der Waals surface area contributed by atoms with Crippen molar-refractivity contribution in [3.8, 4) is 11.5 Å². The van der Waals surface area contributed by atoms with E-state index in [1.54, 1.807) is 13.2 Å². The maximum atomic E-state index is 11.0. The third-order valence-corrected chi connectivity index (χ3v) is 2.61. The van der Waals surface area contributed by atoms with Gasteiger partial charge in [0.25, 0.3) is 5.91 Å². The molecular formula is C14H16N4O3. The zero-order valence-corrected chi connectivity index (χ0v) is 11.6. The summed E-state index contributed by atoms with van der Waals surface area (Å²) in [5.74, 6) is 1.31. The van der Waals surface area contributed by atoms with Crippen LogP contribution in [-0.2, 0) is 0 Å². The van der Waals surface area contributed by atoms with Crippen LogP contribution in [0.3, 0.4) is 0 Å². The van der Waals surface area contributed by atoms with Gasteiger partial charge in [-0.05, 0) is 12.1 Å². The van der Waals surface area contributed by atoms with Crippen molar-refractivity contribution in [2.75, 3.05) is 25.6 Å². The van der Waals surface area contributed by atoms with Crippen LogP contribution in [0.2, 0.25) is 0 Å². The molecule has 21 heavy (non-hydrogen) atoms. The lowest BCUT2D eigenvalue weighted by atomic mass is 10.3. The van der Waals surface area contributed by atoms with Crippen LogP contribution in [0, 0.1) is 0 Å². The fraction of sp³-hybridized carbons (Fsp3) is 0.214. The Bertz CT molecular complexity index is 619. The zero-order chi connectivity index (χ0) is 15.1. The fourth-order valence-electron chi connectivity index (χ4n) is 1.61. The van der Waals surface area contributed by atoms with Crippen molar-refractivity contribution < 1.29 is 14.3 Å². The Morgan fingerprint density at radius 2 is 2.14 bits per heavy atom. The lowest BCUT2D eigenvalue weighted by Gasteiger charge is -2.09. The van der Waals surface area contributed by atoms with Crippen LogP contribution in [-0.4, -0.2) is 36.1 Å². The molecule has 3 N–H and O–H groups in total. The molecule has 0 saturated carbocycles. The van der Waals surface area contributed by atoms with Gasteiger partial charge in [0.2, 0.25) is 0 Å². The van der Waals surface area contributed by atoms with Crippen LogP contribution in [0.5, 0.6) is 11.5 Å². The number of nitrogens with two attached hydrogens (primary N) is 1. The number of methoxy groups -OCH3 is 1. The molecule has 2 rings (SSSR count). The highest BCUT2D eigenvalue weighted by atomic mass is 16.5. The van der Waals surface area contributed by atoms with E-state index in [2.05, 4.69) is 15.3 Å². The normalized spacial score (nSPS) is 9.95. The Kier molecular flexibility index (Phi) is 4.92. The molecule has 7 heteroatoms. The van der Waals surface area contributed by atoms with Crippen molar-refractivity contribution >= 4 is 11.7 Å². The lowest BCUT2D eigenvalue weighted by molar-refractivity contribution is 0.0995. The van der Waals surface area contributed by atoms with Crippen LogP contribution in [0.25, 0.3) is 0 Å². The van der Waals surface area contributed by atoms with Gasteiger partial charge in [-0.15, -0.1) is 0 Å². The maximum absolute atomic E-state index is 11.0. The van der Waals surface area contributed by atoms with Crippen LogP contribution in [0.15, 0.2) is 36.7 Å². The summed E-state index contributed by atoms with van der Waals surface area (Å²) in [6, 6.07) is 7.34. The second kappa shape index (κ2) is 7.09. The van der Waals surface area contributed by atoms with E-state index < -0.39 is 5.91 Å². The largest absolute Gasteiger partial charge is 0.497 e. The lowest BCUT2D eigenvalue weighted by Crippen LogP contribution is -2.16. The Morgan fingerprint density at radius 1 is 1.33 bits per heavy atom. The van der Waals surface area contributed by atoms with Crippen LogP contribution in [0.4, 0.5) is 5.82 Å². The van der Waals surface area contributed by atoms with Crippen molar-refractivity contribution in [2.45, 2.75) is 0 Å². The molecule has 1 heterocycles. The predicted molar refractivity (Wildman–Crippen MR) is 77.5 cm³/mol. The van der Waals surface area contributed by atoms with Gasteiger partial charge in [0, 0.05) is 6.07 Å². The number of rotatable bonds is 7. The van der Waals surface area contributed by atoms with Gasteiger partial charge in [0.05, 0.1) is 26.0 Å². The average molecular weight is 288 g/mol. The second-order valence-electron chi connectivity index (χ2n) is 4.11. The summed E-state index contributed by atoms with van der Waals surface area (Å²) in [6.07, 6.45) is 2.83. The summed E-state index contributed by atoms with van der Waals surface area (Å²) < 4.78 is 10.7. The third-order valence-electron chi connectivity index (χ3n) is 2.61. The summed E-state index contributed by atoms with van der Waals surface area (Å²) in [5.41, 5.74) is 5.25. The maximum Gasteiger partial charge on any atom is 0.268 e. The van der Waals surface area contributed by atoms with Crippen molar-refractivity contribution in [2.24, 2.45) is 5.73 Å². The molecule has 0 atom stereocenters. The molecule has 0 aliphatic heterocycles. The summed E-state index contributed by atoms with van der Waals surface area (Å²) in [5, 5.41) is 3.00. The molecule has 1 aromatic heterocycles. The number of ether oxygens (including phenoxy) is 2. The van der Waals surface area contributed by atoms with E-state index >= 15 is 0 Å². The highest BCUT2D eigenvalue weighted by molar-refractivity contribution is 5.90. The number of carbonyl (C=O) groups is 1. The molecule has 0 spiro atoms. The summed E-state index contributed by atoms with van der Waals surface area (Å²) in [7, 11) is 1.60.